The predicted octanol–water partition coefficient (Wildman–Crippen LogP) is 1.90. The molecule has 2 nitrogen and oxygen atoms in total. The number of rotatable bonds is 0. The van der Waals surface area contributed by atoms with Crippen molar-refractivity contribution in [3.63, 3.8) is 0 Å². The van der Waals surface area contributed by atoms with Gasteiger partial charge < -0.3 is 0 Å². The molecule has 2 atom stereocenters. The zero-order chi connectivity index (χ0) is 6.85. The standard InChI is InChI=1S/C4H5Cl2IN2/c5-2-1-3(7)9-4(6)8-2/h2,4,8H,1H2. The zero-order valence-corrected chi connectivity index (χ0v) is 8.11. The first-order valence-corrected chi connectivity index (χ1v) is 4.40. The molecule has 0 aromatic carbocycles. The van der Waals surface area contributed by atoms with Gasteiger partial charge in [0.05, 0.1) is 9.22 Å². The molecule has 0 aromatic rings. The molecule has 52 valence electrons. The summed E-state index contributed by atoms with van der Waals surface area (Å²) in [6.07, 6.45) is 0.769. The second-order valence-corrected chi connectivity index (χ2v) is 3.86. The third-order valence-electron chi connectivity index (χ3n) is 0.919. The molecule has 0 spiro atoms. The summed E-state index contributed by atoms with van der Waals surface area (Å²) in [6, 6.07) is 0. The molecule has 1 aliphatic rings. The molecular weight excluding hydrogens is 274 g/mol. The van der Waals surface area contributed by atoms with E-state index in [0.29, 0.717) is 0 Å². The van der Waals surface area contributed by atoms with Crippen molar-refractivity contribution >= 4 is 49.5 Å². The Morgan fingerprint density at radius 2 is 2.33 bits per heavy atom. The first-order chi connectivity index (χ1) is 4.18. The van der Waals surface area contributed by atoms with E-state index < -0.39 is 0 Å². The van der Waals surface area contributed by atoms with Crippen molar-refractivity contribution in [2.24, 2.45) is 4.99 Å². The third-order valence-corrected chi connectivity index (χ3v) is 2.14. The summed E-state index contributed by atoms with van der Waals surface area (Å²) >= 11 is 13.5. The largest absolute Gasteiger partial charge is 0.266 e. The fourth-order valence-electron chi connectivity index (χ4n) is 0.569. The van der Waals surface area contributed by atoms with Crippen molar-refractivity contribution < 1.29 is 0 Å². The van der Waals surface area contributed by atoms with E-state index in [4.69, 9.17) is 23.2 Å². The second kappa shape index (κ2) is 3.37. The smallest absolute Gasteiger partial charge is 0.177 e. The first kappa shape index (κ1) is 8.04. The van der Waals surface area contributed by atoms with E-state index in [9.17, 15) is 0 Å². The van der Waals surface area contributed by atoms with Crippen LogP contribution in [-0.4, -0.2) is 14.8 Å². The SMILES string of the molecule is ClC1CC(I)=NC(Cl)N1. The molecule has 0 aromatic heterocycles. The number of hydrogen-bond acceptors (Lipinski definition) is 2. The number of nitrogens with one attached hydrogen (secondary N) is 1. The minimum absolute atomic E-state index is 0.0584. The number of alkyl halides is 2. The highest BCUT2D eigenvalue weighted by atomic mass is 127. The van der Waals surface area contributed by atoms with Gasteiger partial charge in [-0.25, -0.2) is 4.99 Å². The molecule has 1 rings (SSSR count). The van der Waals surface area contributed by atoms with Gasteiger partial charge in [-0.05, 0) is 22.6 Å². The highest BCUT2D eigenvalue weighted by molar-refractivity contribution is 14.1. The summed E-state index contributed by atoms with van der Waals surface area (Å²) in [5, 5.41) is 2.85. The Balaban J connectivity index is 2.56. The van der Waals surface area contributed by atoms with Gasteiger partial charge in [-0.2, -0.15) is 0 Å². The van der Waals surface area contributed by atoms with Gasteiger partial charge >= 0.3 is 0 Å². The monoisotopic (exact) mass is 278 g/mol. The van der Waals surface area contributed by atoms with Crippen LogP contribution in [0.1, 0.15) is 6.42 Å². The predicted molar refractivity (Wildman–Crippen MR) is 48.5 cm³/mol. The highest BCUT2D eigenvalue weighted by Gasteiger charge is 2.16. The molecule has 9 heavy (non-hydrogen) atoms. The quantitative estimate of drug-likeness (QED) is 0.409. The molecule has 0 bridgehead atoms. The minimum atomic E-state index is -0.340. The normalized spacial score (nSPS) is 36.1. The van der Waals surface area contributed by atoms with E-state index in [1.54, 1.807) is 0 Å². The van der Waals surface area contributed by atoms with Crippen LogP contribution in [0.2, 0.25) is 0 Å². The zero-order valence-electron chi connectivity index (χ0n) is 4.44. The van der Waals surface area contributed by atoms with Crippen LogP contribution in [0.3, 0.4) is 0 Å². The van der Waals surface area contributed by atoms with Crippen LogP contribution in [0, 0.1) is 0 Å². The Morgan fingerprint density at radius 1 is 1.67 bits per heavy atom. The van der Waals surface area contributed by atoms with Gasteiger partial charge in [-0.1, -0.05) is 11.6 Å². The van der Waals surface area contributed by atoms with E-state index in [1.807, 2.05) is 0 Å². The van der Waals surface area contributed by atoms with Crippen molar-refractivity contribution in [3.8, 4) is 0 Å². The third kappa shape index (κ3) is 2.57. The maximum Gasteiger partial charge on any atom is 0.177 e. The number of hydrogen-bond donors (Lipinski definition) is 1. The molecule has 0 saturated heterocycles. The van der Waals surface area contributed by atoms with Gasteiger partial charge in [0.1, 0.15) is 0 Å². The van der Waals surface area contributed by atoms with Gasteiger partial charge in [0.2, 0.25) is 0 Å². The molecule has 2 unspecified atom stereocenters. The maximum atomic E-state index is 5.73. The molecule has 0 radical (unpaired) electrons. The van der Waals surface area contributed by atoms with Crippen LogP contribution in [0.15, 0.2) is 4.99 Å². The Hall–Kier alpha value is 0.940. The lowest BCUT2D eigenvalue weighted by Gasteiger charge is -2.18. The molecule has 5 heteroatoms. The Bertz CT molecular complexity index is 139. The number of nitrogens with zero attached hydrogens (tertiary/aromatic N) is 1. The Kier molecular flexibility index (Phi) is 3.01. The Morgan fingerprint density at radius 3 is 2.78 bits per heavy atom. The van der Waals surface area contributed by atoms with Gasteiger partial charge in [-0.15, -0.1) is 11.6 Å². The molecule has 0 amide bonds. The lowest BCUT2D eigenvalue weighted by atomic mass is 10.4. The average Bonchev–Trinajstić information content (AvgIpc) is 1.59. The fourth-order valence-corrected chi connectivity index (χ4v) is 2.31. The van der Waals surface area contributed by atoms with E-state index in [-0.39, 0.29) is 11.1 Å². The van der Waals surface area contributed by atoms with Crippen molar-refractivity contribution in [1.82, 2.24) is 5.32 Å². The molecular formula is C4H5Cl2IN2. The molecule has 0 saturated carbocycles. The topological polar surface area (TPSA) is 24.4 Å². The summed E-state index contributed by atoms with van der Waals surface area (Å²) in [7, 11) is 0. The number of aliphatic imine (C=N–C) groups is 1. The Labute approximate surface area is 77.1 Å². The van der Waals surface area contributed by atoms with E-state index in [0.717, 1.165) is 10.1 Å². The maximum absolute atomic E-state index is 5.73. The van der Waals surface area contributed by atoms with Crippen molar-refractivity contribution in [3.05, 3.63) is 0 Å². The summed E-state index contributed by atoms with van der Waals surface area (Å²) < 4.78 is 0.978. The second-order valence-electron chi connectivity index (χ2n) is 1.68. The summed E-state index contributed by atoms with van der Waals surface area (Å²) in [5.41, 5.74) is -0.398. The minimum Gasteiger partial charge on any atom is -0.266 e. The van der Waals surface area contributed by atoms with E-state index >= 15 is 0 Å². The van der Waals surface area contributed by atoms with E-state index in [1.165, 1.54) is 0 Å². The molecule has 1 N–H and O–H groups in total. The first-order valence-electron chi connectivity index (χ1n) is 2.45. The van der Waals surface area contributed by atoms with Gasteiger partial charge in [0, 0.05) is 6.42 Å². The molecule has 1 heterocycles. The lowest BCUT2D eigenvalue weighted by Crippen LogP contribution is -2.35. The lowest BCUT2D eigenvalue weighted by molar-refractivity contribution is 0.608. The molecule has 0 aliphatic carbocycles. The van der Waals surface area contributed by atoms with Gasteiger partial charge in [0.25, 0.3) is 0 Å². The summed E-state index contributed by atoms with van der Waals surface area (Å²) in [5.74, 6) is 0. The highest BCUT2D eigenvalue weighted by Crippen LogP contribution is 2.14. The fraction of sp³-hybridized carbons (Fsp3) is 0.750. The van der Waals surface area contributed by atoms with Crippen LogP contribution in [0.4, 0.5) is 0 Å². The average molecular weight is 279 g/mol. The molecule has 0 fully saturated rings. The van der Waals surface area contributed by atoms with Crippen LogP contribution in [0.5, 0.6) is 0 Å². The van der Waals surface area contributed by atoms with Crippen molar-refractivity contribution in [2.45, 2.75) is 17.5 Å². The summed E-state index contributed by atoms with van der Waals surface area (Å²) in [6.45, 7) is 0. The van der Waals surface area contributed by atoms with Gasteiger partial charge in [-0.3, -0.25) is 5.32 Å². The summed E-state index contributed by atoms with van der Waals surface area (Å²) in [4.78, 5) is 4.01. The van der Waals surface area contributed by atoms with Crippen molar-refractivity contribution in [1.29, 1.82) is 0 Å². The van der Waals surface area contributed by atoms with Gasteiger partial charge in [0.15, 0.2) is 5.62 Å². The van der Waals surface area contributed by atoms with Crippen LogP contribution in [-0.2, 0) is 0 Å². The van der Waals surface area contributed by atoms with Crippen LogP contribution >= 0.6 is 45.8 Å². The van der Waals surface area contributed by atoms with Crippen LogP contribution in [0.25, 0.3) is 0 Å². The number of halogens is 3. The van der Waals surface area contributed by atoms with Crippen LogP contribution < -0.4 is 5.32 Å². The van der Waals surface area contributed by atoms with Crippen molar-refractivity contribution in [2.75, 3.05) is 0 Å². The molecule has 1 aliphatic heterocycles. The van der Waals surface area contributed by atoms with E-state index in [2.05, 4.69) is 32.9 Å².